The van der Waals surface area contributed by atoms with E-state index in [1.54, 1.807) is 0 Å². The van der Waals surface area contributed by atoms with Gasteiger partial charge in [-0.25, -0.2) is 0 Å². The van der Waals surface area contributed by atoms with Crippen LogP contribution in [0.3, 0.4) is 0 Å². The molecule has 0 aliphatic carbocycles. The second kappa shape index (κ2) is 4.58. The van der Waals surface area contributed by atoms with Crippen molar-refractivity contribution in [3.8, 4) is 0 Å². The molecule has 2 aliphatic rings. The number of carbonyl (C=O) groups is 1. The van der Waals surface area contributed by atoms with E-state index >= 15 is 0 Å². The van der Waals surface area contributed by atoms with Crippen LogP contribution in [0.1, 0.15) is 18.9 Å². The van der Waals surface area contributed by atoms with Gasteiger partial charge in [0.2, 0.25) is 5.91 Å². The Morgan fingerprint density at radius 2 is 2.17 bits per heavy atom. The predicted molar refractivity (Wildman–Crippen MR) is 70.0 cm³/mol. The van der Waals surface area contributed by atoms with Crippen LogP contribution in [0.4, 0.5) is 0 Å². The number of carbonyl (C=O) groups excluding carboxylic acids is 1. The molecule has 3 heteroatoms. The topological polar surface area (TPSA) is 29.5 Å². The van der Waals surface area contributed by atoms with Crippen molar-refractivity contribution in [1.82, 2.24) is 4.90 Å². The van der Waals surface area contributed by atoms with E-state index in [9.17, 15) is 4.79 Å². The highest BCUT2D eigenvalue weighted by Crippen LogP contribution is 2.29. The summed E-state index contributed by atoms with van der Waals surface area (Å²) in [5.41, 5.74) is 1.87. The van der Waals surface area contributed by atoms with E-state index < -0.39 is 0 Å². The maximum Gasteiger partial charge on any atom is 0.249 e. The zero-order chi connectivity index (χ0) is 12.5. The maximum absolute atomic E-state index is 12.3. The van der Waals surface area contributed by atoms with Gasteiger partial charge in [0.05, 0.1) is 18.8 Å². The van der Waals surface area contributed by atoms with Gasteiger partial charge in [0.25, 0.3) is 0 Å². The van der Waals surface area contributed by atoms with Crippen LogP contribution in [-0.2, 0) is 9.53 Å². The molecule has 0 unspecified atom stereocenters. The Kier molecular flexibility index (Phi) is 2.92. The molecule has 2 saturated heterocycles. The second-order valence-corrected chi connectivity index (χ2v) is 5.04. The van der Waals surface area contributed by atoms with Crippen LogP contribution >= 0.6 is 0 Å². The van der Waals surface area contributed by atoms with Crippen molar-refractivity contribution in [2.45, 2.75) is 25.5 Å². The Balaban J connectivity index is 1.75. The van der Waals surface area contributed by atoms with Gasteiger partial charge in [-0.15, -0.1) is 0 Å². The van der Waals surface area contributed by atoms with E-state index in [1.165, 1.54) is 0 Å². The molecule has 0 aromatic heterocycles. The van der Waals surface area contributed by atoms with Gasteiger partial charge in [-0.3, -0.25) is 4.79 Å². The molecular formula is C15H17NO2. The van der Waals surface area contributed by atoms with E-state index in [2.05, 4.69) is 0 Å². The summed E-state index contributed by atoms with van der Waals surface area (Å²) in [5, 5.41) is 0. The van der Waals surface area contributed by atoms with Crippen LogP contribution in [-0.4, -0.2) is 36.1 Å². The second-order valence-electron chi connectivity index (χ2n) is 5.04. The molecule has 1 aromatic carbocycles. The number of nitrogens with zero attached hydrogens (tertiary/aromatic N) is 1. The van der Waals surface area contributed by atoms with Crippen molar-refractivity contribution in [2.24, 2.45) is 0 Å². The van der Waals surface area contributed by atoms with Crippen molar-refractivity contribution in [2.75, 3.05) is 13.2 Å². The van der Waals surface area contributed by atoms with Crippen molar-refractivity contribution < 1.29 is 9.53 Å². The molecule has 2 aliphatic heterocycles. The summed E-state index contributed by atoms with van der Waals surface area (Å²) >= 11 is 0. The van der Waals surface area contributed by atoms with Gasteiger partial charge in [0.1, 0.15) is 0 Å². The number of amides is 1. The average molecular weight is 243 g/mol. The monoisotopic (exact) mass is 243 g/mol. The first-order chi connectivity index (χ1) is 8.74. The highest BCUT2D eigenvalue weighted by molar-refractivity contribution is 5.97. The minimum absolute atomic E-state index is 0.148. The number of fused-ring (bicyclic) bond motifs is 2. The van der Waals surface area contributed by atoms with Crippen LogP contribution < -0.4 is 0 Å². The van der Waals surface area contributed by atoms with Gasteiger partial charge in [-0.2, -0.15) is 0 Å². The Bertz CT molecular complexity index is 481. The average Bonchev–Trinajstić information content (AvgIpc) is 3.01. The SMILES string of the molecule is C/C(=C\c1ccccc1)C(=O)N1C[C@H]2C[C@H]1CO2. The van der Waals surface area contributed by atoms with E-state index in [0.717, 1.165) is 24.1 Å². The van der Waals surface area contributed by atoms with Gasteiger partial charge in [0.15, 0.2) is 0 Å². The molecule has 0 spiro atoms. The third kappa shape index (κ3) is 2.06. The third-order valence-electron chi connectivity index (χ3n) is 3.68. The zero-order valence-corrected chi connectivity index (χ0v) is 10.5. The van der Waals surface area contributed by atoms with E-state index in [-0.39, 0.29) is 12.0 Å². The van der Waals surface area contributed by atoms with Crippen molar-refractivity contribution in [3.05, 3.63) is 41.5 Å². The molecule has 94 valence electrons. The molecule has 3 nitrogen and oxygen atoms in total. The minimum atomic E-state index is 0.148. The molecule has 0 saturated carbocycles. The third-order valence-corrected chi connectivity index (χ3v) is 3.68. The molecule has 1 amide bonds. The summed E-state index contributed by atoms with van der Waals surface area (Å²) in [4.78, 5) is 14.3. The number of morpholine rings is 1. The predicted octanol–water partition coefficient (Wildman–Crippen LogP) is 2.09. The molecule has 3 rings (SSSR count). The number of benzene rings is 1. The highest BCUT2D eigenvalue weighted by Gasteiger charge is 2.41. The number of hydrogen-bond donors (Lipinski definition) is 0. The summed E-state index contributed by atoms with van der Waals surface area (Å²) < 4.78 is 5.52. The summed E-state index contributed by atoms with van der Waals surface area (Å²) in [6, 6.07) is 10.3. The standard InChI is InChI=1S/C15H17NO2/c1-11(7-12-5-3-2-4-6-12)15(17)16-9-14-8-13(16)10-18-14/h2-7,13-14H,8-10H2,1H3/b11-7+/t13-,14+/m0/s1. The fourth-order valence-corrected chi connectivity index (χ4v) is 2.74. The van der Waals surface area contributed by atoms with Gasteiger partial charge in [0, 0.05) is 12.1 Å². The fourth-order valence-electron chi connectivity index (χ4n) is 2.74. The Labute approximate surface area is 107 Å². The van der Waals surface area contributed by atoms with Crippen LogP contribution in [0.5, 0.6) is 0 Å². The van der Waals surface area contributed by atoms with Crippen LogP contribution in [0.2, 0.25) is 0 Å². The molecular weight excluding hydrogens is 226 g/mol. The lowest BCUT2D eigenvalue weighted by Gasteiger charge is -2.27. The summed E-state index contributed by atoms with van der Waals surface area (Å²) in [7, 11) is 0. The quantitative estimate of drug-likeness (QED) is 0.744. The maximum atomic E-state index is 12.3. The molecule has 0 N–H and O–H groups in total. The first-order valence-electron chi connectivity index (χ1n) is 6.40. The molecule has 2 fully saturated rings. The number of rotatable bonds is 2. The largest absolute Gasteiger partial charge is 0.374 e. The number of hydrogen-bond acceptors (Lipinski definition) is 2. The zero-order valence-electron chi connectivity index (χ0n) is 10.5. The Hall–Kier alpha value is -1.61. The summed E-state index contributed by atoms with van der Waals surface area (Å²) in [6.45, 7) is 3.35. The van der Waals surface area contributed by atoms with Crippen molar-refractivity contribution >= 4 is 12.0 Å². The molecule has 2 bridgehead atoms. The van der Waals surface area contributed by atoms with E-state index in [0.29, 0.717) is 12.6 Å². The number of likely N-dealkylation sites (tertiary alicyclic amines) is 1. The highest BCUT2D eigenvalue weighted by atomic mass is 16.5. The molecule has 0 radical (unpaired) electrons. The molecule has 2 atom stereocenters. The first-order valence-corrected chi connectivity index (χ1v) is 6.40. The first kappa shape index (κ1) is 11.5. The van der Waals surface area contributed by atoms with Crippen molar-refractivity contribution in [3.63, 3.8) is 0 Å². The van der Waals surface area contributed by atoms with Crippen LogP contribution in [0, 0.1) is 0 Å². The minimum Gasteiger partial charge on any atom is -0.374 e. The fraction of sp³-hybridized carbons (Fsp3) is 0.400. The molecule has 2 heterocycles. The lowest BCUT2D eigenvalue weighted by molar-refractivity contribution is -0.131. The molecule has 1 aromatic rings. The van der Waals surface area contributed by atoms with E-state index in [4.69, 9.17) is 4.74 Å². The normalized spacial score (nSPS) is 26.7. The summed E-state index contributed by atoms with van der Waals surface area (Å²) in [5.74, 6) is 0.148. The van der Waals surface area contributed by atoms with Crippen molar-refractivity contribution in [1.29, 1.82) is 0 Å². The number of ether oxygens (including phenoxy) is 1. The Morgan fingerprint density at radius 3 is 2.78 bits per heavy atom. The van der Waals surface area contributed by atoms with Gasteiger partial charge >= 0.3 is 0 Å². The van der Waals surface area contributed by atoms with Gasteiger partial charge in [-0.05, 0) is 25.0 Å². The van der Waals surface area contributed by atoms with Gasteiger partial charge < -0.3 is 9.64 Å². The van der Waals surface area contributed by atoms with Crippen LogP contribution in [0.15, 0.2) is 35.9 Å². The van der Waals surface area contributed by atoms with Gasteiger partial charge in [-0.1, -0.05) is 30.3 Å². The smallest absolute Gasteiger partial charge is 0.249 e. The van der Waals surface area contributed by atoms with E-state index in [1.807, 2.05) is 48.2 Å². The lowest BCUT2D eigenvalue weighted by Crippen LogP contribution is -2.41. The molecule has 18 heavy (non-hydrogen) atoms. The Morgan fingerprint density at radius 1 is 1.39 bits per heavy atom. The summed E-state index contributed by atoms with van der Waals surface area (Å²) in [6.07, 6.45) is 3.22. The lowest BCUT2D eigenvalue weighted by atomic mass is 10.1. The van der Waals surface area contributed by atoms with Crippen LogP contribution in [0.25, 0.3) is 6.08 Å².